The number of benzene rings is 1. The Hall–Kier alpha value is -3.56. The number of rotatable bonds is 7. The molecular formula is C19H22N6O4. The molecule has 0 aliphatic carbocycles. The Morgan fingerprint density at radius 2 is 1.90 bits per heavy atom. The third-order valence-corrected chi connectivity index (χ3v) is 4.30. The Bertz CT molecular complexity index is 1130. The lowest BCUT2D eigenvalue weighted by molar-refractivity contribution is 0.0909. The molecule has 2 aromatic heterocycles. The van der Waals surface area contributed by atoms with Gasteiger partial charge in [0.05, 0.1) is 5.69 Å². The summed E-state index contributed by atoms with van der Waals surface area (Å²) in [4.78, 5) is 41.5. The first-order chi connectivity index (χ1) is 14.0. The molecule has 1 aromatic carbocycles. The molecule has 3 aromatic rings. The summed E-state index contributed by atoms with van der Waals surface area (Å²) in [7, 11) is 0. The third kappa shape index (κ3) is 4.15. The molecule has 0 aliphatic heterocycles. The predicted molar refractivity (Wildman–Crippen MR) is 105 cm³/mol. The van der Waals surface area contributed by atoms with Gasteiger partial charge in [0.2, 0.25) is 5.82 Å². The number of hydrogen-bond donors (Lipinski definition) is 1. The first-order valence-corrected chi connectivity index (χ1v) is 9.39. The fourth-order valence-electron chi connectivity index (χ4n) is 2.65. The number of nitrogens with zero attached hydrogens (tertiary/aromatic N) is 5. The summed E-state index contributed by atoms with van der Waals surface area (Å²) in [5, 5.41) is 10.5. The van der Waals surface area contributed by atoms with Crippen LogP contribution in [0, 0.1) is 6.92 Å². The van der Waals surface area contributed by atoms with E-state index in [2.05, 4.69) is 20.6 Å². The molecule has 152 valence electrons. The molecule has 0 saturated heterocycles. The summed E-state index contributed by atoms with van der Waals surface area (Å²) < 4.78 is 7.12. The van der Waals surface area contributed by atoms with Gasteiger partial charge in [0, 0.05) is 13.1 Å². The second-order valence-electron chi connectivity index (χ2n) is 6.46. The number of unbranched alkanes of at least 4 members (excludes halogenated alkanes) is 1. The van der Waals surface area contributed by atoms with Gasteiger partial charge in [-0.3, -0.25) is 14.2 Å². The molecule has 10 nitrogen and oxygen atoms in total. The molecule has 2 heterocycles. The minimum absolute atomic E-state index is 0.140. The Morgan fingerprint density at radius 3 is 2.55 bits per heavy atom. The average molecular weight is 398 g/mol. The van der Waals surface area contributed by atoms with Crippen LogP contribution >= 0.6 is 0 Å². The van der Waals surface area contributed by atoms with Crippen LogP contribution in [0.4, 0.5) is 0 Å². The number of carbonyl (C=O) groups is 1. The summed E-state index contributed by atoms with van der Waals surface area (Å²) in [6.45, 7) is 6.22. The van der Waals surface area contributed by atoms with Crippen molar-refractivity contribution in [1.82, 2.24) is 29.8 Å². The summed E-state index contributed by atoms with van der Waals surface area (Å²) >= 11 is 0. The van der Waals surface area contributed by atoms with Gasteiger partial charge in [-0.1, -0.05) is 36.2 Å². The Kier molecular flexibility index (Phi) is 6.01. The normalized spacial score (nSPS) is 10.9. The van der Waals surface area contributed by atoms with Crippen LogP contribution in [-0.4, -0.2) is 36.9 Å². The van der Waals surface area contributed by atoms with Crippen LogP contribution in [0.5, 0.6) is 0 Å². The average Bonchev–Trinajstić information content (AvgIpc) is 3.20. The van der Waals surface area contributed by atoms with Crippen LogP contribution in [0.3, 0.4) is 0 Å². The van der Waals surface area contributed by atoms with Gasteiger partial charge in [-0.2, -0.15) is 14.8 Å². The van der Waals surface area contributed by atoms with E-state index in [-0.39, 0.29) is 24.0 Å². The second-order valence-corrected chi connectivity index (χ2v) is 6.46. The quantitative estimate of drug-likeness (QED) is 0.595. The van der Waals surface area contributed by atoms with Crippen LogP contribution in [0.25, 0.3) is 17.2 Å². The molecule has 0 saturated carbocycles. The largest absolute Gasteiger partial charge is 0.352 e. The smallest absolute Gasteiger partial charge is 0.348 e. The summed E-state index contributed by atoms with van der Waals surface area (Å²) in [6, 6.07) is 7.11. The van der Waals surface area contributed by atoms with Gasteiger partial charge < -0.3 is 9.84 Å². The van der Waals surface area contributed by atoms with Crippen LogP contribution in [0.2, 0.25) is 0 Å². The highest BCUT2D eigenvalue weighted by Crippen LogP contribution is 2.11. The zero-order valence-corrected chi connectivity index (χ0v) is 16.5. The number of nitrogens with one attached hydrogen (secondary N) is 1. The highest BCUT2D eigenvalue weighted by atomic mass is 16.5. The van der Waals surface area contributed by atoms with Crippen molar-refractivity contribution < 1.29 is 9.32 Å². The van der Waals surface area contributed by atoms with Gasteiger partial charge >= 0.3 is 17.5 Å². The van der Waals surface area contributed by atoms with Crippen LogP contribution in [0.15, 0.2) is 38.4 Å². The van der Waals surface area contributed by atoms with Gasteiger partial charge in [-0.15, -0.1) is 0 Å². The zero-order valence-electron chi connectivity index (χ0n) is 16.5. The van der Waals surface area contributed by atoms with Gasteiger partial charge in [0.25, 0.3) is 5.56 Å². The molecule has 1 N–H and O–H groups in total. The van der Waals surface area contributed by atoms with Crippen molar-refractivity contribution in [3.05, 3.63) is 56.6 Å². The predicted octanol–water partition coefficient (Wildman–Crippen LogP) is 1.30. The minimum atomic E-state index is -0.653. The number of carbonyl (C=O) groups excluding carboxylic acids is 1. The third-order valence-electron chi connectivity index (χ3n) is 4.30. The molecule has 0 aliphatic rings. The molecule has 0 spiro atoms. The van der Waals surface area contributed by atoms with Gasteiger partial charge in [0.1, 0.15) is 0 Å². The molecule has 1 amide bonds. The van der Waals surface area contributed by atoms with E-state index in [0.29, 0.717) is 12.2 Å². The van der Waals surface area contributed by atoms with Crippen LogP contribution in [-0.2, 0) is 6.54 Å². The number of aryl methyl sites for hydroxylation is 1. The van der Waals surface area contributed by atoms with Crippen molar-refractivity contribution in [2.75, 3.05) is 6.54 Å². The molecule has 10 heteroatoms. The van der Waals surface area contributed by atoms with E-state index < -0.39 is 17.2 Å². The van der Waals surface area contributed by atoms with Crippen LogP contribution in [0.1, 0.15) is 42.9 Å². The summed E-state index contributed by atoms with van der Waals surface area (Å²) in [6.07, 6.45) is 1.74. The number of aromatic nitrogens is 5. The Balaban J connectivity index is 2.05. The maximum atomic E-state index is 12.7. The standard InChI is InChI=1S/C19H22N6O4/c1-4-6-11-20-16(26)17-21-15(23-29-17)14-18(27)24(5-2)19(28)25(22-14)13-9-7-12(3)8-10-13/h7-10H,4-6,11H2,1-3H3,(H,20,26). The lowest BCUT2D eigenvalue weighted by Crippen LogP contribution is -2.41. The number of amides is 1. The molecule has 0 unspecified atom stereocenters. The highest BCUT2D eigenvalue weighted by molar-refractivity contribution is 5.89. The molecule has 3 rings (SSSR count). The van der Waals surface area contributed by atoms with Crippen molar-refractivity contribution in [3.63, 3.8) is 0 Å². The number of hydrogen-bond acceptors (Lipinski definition) is 7. The highest BCUT2D eigenvalue weighted by Gasteiger charge is 2.22. The minimum Gasteiger partial charge on any atom is -0.348 e. The maximum Gasteiger partial charge on any atom is 0.352 e. The lowest BCUT2D eigenvalue weighted by atomic mass is 10.2. The fraction of sp³-hybridized carbons (Fsp3) is 0.368. The van der Waals surface area contributed by atoms with Gasteiger partial charge in [-0.25, -0.2) is 4.79 Å². The van der Waals surface area contributed by atoms with E-state index in [1.807, 2.05) is 26.0 Å². The first-order valence-electron chi connectivity index (χ1n) is 9.39. The fourth-order valence-corrected chi connectivity index (χ4v) is 2.65. The molecule has 0 radical (unpaired) electrons. The summed E-state index contributed by atoms with van der Waals surface area (Å²) in [5.74, 6) is -0.952. The maximum absolute atomic E-state index is 12.7. The Labute approximate surface area is 166 Å². The molecular weight excluding hydrogens is 376 g/mol. The van der Waals surface area contributed by atoms with Crippen molar-refractivity contribution in [1.29, 1.82) is 0 Å². The van der Waals surface area contributed by atoms with Gasteiger partial charge in [0.15, 0.2) is 5.69 Å². The molecule has 29 heavy (non-hydrogen) atoms. The van der Waals surface area contributed by atoms with Crippen LogP contribution < -0.4 is 16.6 Å². The van der Waals surface area contributed by atoms with Crippen molar-refractivity contribution >= 4 is 5.91 Å². The van der Waals surface area contributed by atoms with E-state index in [0.717, 1.165) is 27.7 Å². The van der Waals surface area contributed by atoms with Gasteiger partial charge in [-0.05, 0) is 32.4 Å². The molecule has 0 bridgehead atoms. The van der Waals surface area contributed by atoms with Crippen molar-refractivity contribution in [3.8, 4) is 17.2 Å². The first kappa shape index (κ1) is 20.2. The lowest BCUT2D eigenvalue weighted by Gasteiger charge is -2.09. The molecule has 0 fully saturated rings. The van der Waals surface area contributed by atoms with Crippen molar-refractivity contribution in [2.45, 2.75) is 40.2 Å². The van der Waals surface area contributed by atoms with Crippen molar-refractivity contribution in [2.24, 2.45) is 0 Å². The van der Waals surface area contributed by atoms with E-state index in [4.69, 9.17) is 4.52 Å². The van der Waals surface area contributed by atoms with E-state index in [1.165, 1.54) is 0 Å². The van der Waals surface area contributed by atoms with E-state index >= 15 is 0 Å². The zero-order chi connectivity index (χ0) is 21.0. The molecule has 0 atom stereocenters. The second kappa shape index (κ2) is 8.63. The topological polar surface area (TPSA) is 125 Å². The monoisotopic (exact) mass is 398 g/mol. The Morgan fingerprint density at radius 1 is 1.17 bits per heavy atom. The van der Waals surface area contributed by atoms with E-state index in [1.54, 1.807) is 19.1 Å². The summed E-state index contributed by atoms with van der Waals surface area (Å²) in [5.41, 5.74) is 0.0990. The SMILES string of the molecule is CCCCNC(=O)c1nc(-c2nn(-c3ccc(C)cc3)c(=O)n(CC)c2=O)no1. The van der Waals surface area contributed by atoms with E-state index in [9.17, 15) is 14.4 Å².